The molecular formula is C18H18N2O3. The van der Waals surface area contributed by atoms with Gasteiger partial charge in [-0.2, -0.15) is 0 Å². The third kappa shape index (κ3) is 2.15. The predicted octanol–water partition coefficient (Wildman–Crippen LogP) is 2.31. The fraction of sp³-hybridized carbons (Fsp3) is 0.389. The van der Waals surface area contributed by atoms with Crippen molar-refractivity contribution in [1.29, 1.82) is 0 Å². The summed E-state index contributed by atoms with van der Waals surface area (Å²) in [4.78, 5) is 30.3. The zero-order chi connectivity index (χ0) is 16.0. The minimum Gasteiger partial charge on any atom is -0.391 e. The Kier molecular flexibility index (Phi) is 3.38. The van der Waals surface area contributed by atoms with Gasteiger partial charge in [-0.1, -0.05) is 18.9 Å². The molecule has 1 saturated carbocycles. The van der Waals surface area contributed by atoms with Gasteiger partial charge < -0.3 is 10.0 Å². The number of nitrogens with zero attached hydrogens (tertiary/aromatic N) is 2. The van der Waals surface area contributed by atoms with Crippen LogP contribution in [0.15, 0.2) is 24.4 Å². The Balaban J connectivity index is 1.82. The zero-order valence-corrected chi connectivity index (χ0v) is 12.7. The minimum atomic E-state index is -0.466. The van der Waals surface area contributed by atoms with E-state index in [-0.39, 0.29) is 11.9 Å². The smallest absolute Gasteiger partial charge is 0.254 e. The Bertz CT molecular complexity index is 802. The first kappa shape index (κ1) is 14.3. The predicted molar refractivity (Wildman–Crippen MR) is 85.3 cm³/mol. The van der Waals surface area contributed by atoms with Gasteiger partial charge in [0.2, 0.25) is 0 Å². The molecular weight excluding hydrogens is 292 g/mol. The number of carbonyl (C=O) groups excluding carboxylic acids is 2. The summed E-state index contributed by atoms with van der Waals surface area (Å²) < 4.78 is 0. The van der Waals surface area contributed by atoms with Crippen LogP contribution in [0.25, 0.3) is 10.9 Å². The summed E-state index contributed by atoms with van der Waals surface area (Å²) in [6, 6.07) is 5.18. The summed E-state index contributed by atoms with van der Waals surface area (Å²) in [5.74, 6) is -0.0957. The van der Waals surface area contributed by atoms with Gasteiger partial charge in [0.05, 0.1) is 17.7 Å². The average molecular weight is 310 g/mol. The first-order valence-electron chi connectivity index (χ1n) is 8.05. The van der Waals surface area contributed by atoms with E-state index in [1.165, 1.54) is 0 Å². The highest BCUT2D eigenvalue weighted by Crippen LogP contribution is 2.35. The number of pyridine rings is 1. The Labute approximate surface area is 133 Å². The molecule has 2 unspecified atom stereocenters. The molecule has 2 atom stereocenters. The standard InChI is InChI=1S/C18H18N2O3/c21-10-11-8-13-14(17-12(11)4-3-7-19-17)9-20(18(13)23)15-5-1-2-6-16(15)22/h3-4,7-8,10,15-16,22H,1-2,5-6,9H2. The molecule has 5 heteroatoms. The molecule has 2 heterocycles. The number of fused-ring (bicyclic) bond motifs is 3. The number of aldehydes is 1. The van der Waals surface area contributed by atoms with Crippen molar-refractivity contribution in [1.82, 2.24) is 9.88 Å². The maximum Gasteiger partial charge on any atom is 0.254 e. The maximum absolute atomic E-state index is 12.8. The highest BCUT2D eigenvalue weighted by molar-refractivity contribution is 6.08. The number of aromatic nitrogens is 1. The Morgan fingerprint density at radius 1 is 1.30 bits per heavy atom. The van der Waals surface area contributed by atoms with Gasteiger partial charge in [0.15, 0.2) is 6.29 Å². The Morgan fingerprint density at radius 2 is 2.13 bits per heavy atom. The van der Waals surface area contributed by atoms with Crippen LogP contribution in [-0.2, 0) is 6.54 Å². The summed E-state index contributed by atoms with van der Waals surface area (Å²) in [7, 11) is 0. The SMILES string of the molecule is O=Cc1cc2c(c3ncccc13)CN(C1CCCCC1O)C2=O. The molecule has 1 aromatic carbocycles. The van der Waals surface area contributed by atoms with Crippen LogP contribution in [0, 0.1) is 0 Å². The summed E-state index contributed by atoms with van der Waals surface area (Å²) in [6.07, 6.45) is 5.59. The van der Waals surface area contributed by atoms with E-state index in [2.05, 4.69) is 4.98 Å². The molecule has 0 bridgehead atoms. The van der Waals surface area contributed by atoms with Gasteiger partial charge in [-0.15, -0.1) is 0 Å². The summed E-state index contributed by atoms with van der Waals surface area (Å²) in [5.41, 5.74) is 2.63. The van der Waals surface area contributed by atoms with Crippen molar-refractivity contribution < 1.29 is 14.7 Å². The third-order valence-corrected chi connectivity index (χ3v) is 5.07. The summed E-state index contributed by atoms with van der Waals surface area (Å²) in [6.45, 7) is 0.461. The highest BCUT2D eigenvalue weighted by atomic mass is 16.3. The fourth-order valence-electron chi connectivity index (χ4n) is 3.90. The first-order chi connectivity index (χ1) is 11.2. The normalized spacial score (nSPS) is 24.0. The Hall–Kier alpha value is -2.27. The number of hydrogen-bond donors (Lipinski definition) is 1. The van der Waals surface area contributed by atoms with Crippen molar-refractivity contribution in [3.63, 3.8) is 0 Å². The van der Waals surface area contributed by atoms with Crippen molar-refractivity contribution in [2.45, 2.75) is 44.4 Å². The summed E-state index contributed by atoms with van der Waals surface area (Å²) >= 11 is 0. The largest absolute Gasteiger partial charge is 0.391 e. The number of hydrogen-bond acceptors (Lipinski definition) is 4. The molecule has 1 aromatic heterocycles. The van der Waals surface area contributed by atoms with Crippen LogP contribution in [0.2, 0.25) is 0 Å². The topological polar surface area (TPSA) is 70.5 Å². The molecule has 5 nitrogen and oxygen atoms in total. The third-order valence-electron chi connectivity index (χ3n) is 5.07. The second-order valence-corrected chi connectivity index (χ2v) is 6.36. The fourth-order valence-corrected chi connectivity index (χ4v) is 3.90. The molecule has 1 N–H and O–H groups in total. The van der Waals surface area contributed by atoms with Crippen molar-refractivity contribution in [3.05, 3.63) is 41.1 Å². The van der Waals surface area contributed by atoms with Crippen molar-refractivity contribution in [3.8, 4) is 0 Å². The second-order valence-electron chi connectivity index (χ2n) is 6.36. The number of aliphatic hydroxyl groups excluding tert-OH is 1. The van der Waals surface area contributed by atoms with E-state index in [0.717, 1.165) is 42.9 Å². The quantitative estimate of drug-likeness (QED) is 0.864. The highest BCUT2D eigenvalue weighted by Gasteiger charge is 2.38. The van der Waals surface area contributed by atoms with Crippen LogP contribution in [-0.4, -0.2) is 39.3 Å². The van der Waals surface area contributed by atoms with Crippen LogP contribution in [0.3, 0.4) is 0 Å². The molecule has 1 amide bonds. The molecule has 0 spiro atoms. The lowest BCUT2D eigenvalue weighted by Gasteiger charge is -2.35. The van der Waals surface area contributed by atoms with Crippen LogP contribution >= 0.6 is 0 Å². The van der Waals surface area contributed by atoms with Gasteiger partial charge >= 0.3 is 0 Å². The molecule has 2 aromatic rings. The maximum atomic E-state index is 12.8. The van der Waals surface area contributed by atoms with E-state index in [1.54, 1.807) is 23.2 Å². The van der Waals surface area contributed by atoms with Crippen molar-refractivity contribution >= 4 is 23.1 Å². The first-order valence-corrected chi connectivity index (χ1v) is 8.05. The van der Waals surface area contributed by atoms with Crippen LogP contribution in [0.4, 0.5) is 0 Å². The molecule has 0 radical (unpaired) electrons. The van der Waals surface area contributed by atoms with Crippen LogP contribution in [0.5, 0.6) is 0 Å². The Morgan fingerprint density at radius 3 is 2.91 bits per heavy atom. The van der Waals surface area contributed by atoms with Gasteiger partial charge in [-0.3, -0.25) is 14.6 Å². The van der Waals surface area contributed by atoms with Gasteiger partial charge in [-0.25, -0.2) is 0 Å². The lowest BCUT2D eigenvalue weighted by molar-refractivity contribution is 0.0192. The van der Waals surface area contributed by atoms with Crippen LogP contribution < -0.4 is 0 Å². The number of amides is 1. The molecule has 4 rings (SSSR count). The number of benzene rings is 1. The van der Waals surface area contributed by atoms with Gasteiger partial charge in [0.1, 0.15) is 0 Å². The number of rotatable bonds is 2. The number of carbonyl (C=O) groups is 2. The van der Waals surface area contributed by atoms with E-state index in [4.69, 9.17) is 0 Å². The van der Waals surface area contributed by atoms with E-state index in [0.29, 0.717) is 23.2 Å². The molecule has 0 saturated heterocycles. The van der Waals surface area contributed by atoms with E-state index >= 15 is 0 Å². The van der Waals surface area contributed by atoms with E-state index < -0.39 is 6.10 Å². The van der Waals surface area contributed by atoms with Crippen molar-refractivity contribution in [2.75, 3.05) is 0 Å². The molecule has 23 heavy (non-hydrogen) atoms. The minimum absolute atomic E-state index is 0.0957. The van der Waals surface area contributed by atoms with Crippen molar-refractivity contribution in [2.24, 2.45) is 0 Å². The van der Waals surface area contributed by atoms with E-state index in [1.807, 2.05) is 6.07 Å². The van der Waals surface area contributed by atoms with Gasteiger partial charge in [0.25, 0.3) is 5.91 Å². The number of aliphatic hydroxyl groups is 1. The molecule has 1 aliphatic carbocycles. The lowest BCUT2D eigenvalue weighted by Crippen LogP contribution is -2.45. The van der Waals surface area contributed by atoms with Gasteiger partial charge in [-0.05, 0) is 25.0 Å². The molecule has 2 aliphatic rings. The van der Waals surface area contributed by atoms with E-state index in [9.17, 15) is 14.7 Å². The monoisotopic (exact) mass is 310 g/mol. The molecule has 1 fully saturated rings. The van der Waals surface area contributed by atoms with Crippen LogP contribution in [0.1, 0.15) is 52.0 Å². The summed E-state index contributed by atoms with van der Waals surface area (Å²) in [5, 5.41) is 11.1. The molecule has 1 aliphatic heterocycles. The second kappa shape index (κ2) is 5.42. The molecule has 118 valence electrons. The average Bonchev–Trinajstić information content (AvgIpc) is 2.91. The zero-order valence-electron chi connectivity index (χ0n) is 12.7. The lowest BCUT2D eigenvalue weighted by atomic mass is 9.91. The van der Waals surface area contributed by atoms with Gasteiger partial charge in [0, 0.05) is 34.8 Å².